The normalized spacial score (nSPS) is 21.1. The van der Waals surface area contributed by atoms with Gasteiger partial charge in [0.25, 0.3) is 5.69 Å². The molecule has 0 saturated carbocycles. The van der Waals surface area contributed by atoms with Crippen LogP contribution in [0.15, 0.2) is 12.1 Å². The van der Waals surface area contributed by atoms with Gasteiger partial charge in [-0.25, -0.2) is 4.98 Å². The van der Waals surface area contributed by atoms with Crippen LogP contribution in [-0.4, -0.2) is 34.2 Å². The minimum absolute atomic E-state index is 0.0644. The first-order valence-electron chi connectivity index (χ1n) is 5.72. The Morgan fingerprint density at radius 1 is 1.67 bits per heavy atom. The van der Waals surface area contributed by atoms with Crippen LogP contribution in [-0.2, 0) is 0 Å². The number of hydrogen-bond donors (Lipinski definition) is 1. The molecule has 1 fully saturated rings. The highest BCUT2D eigenvalue weighted by molar-refractivity contribution is 6.29. The molecule has 2 heterocycles. The fourth-order valence-corrected chi connectivity index (χ4v) is 2.32. The molecular weight excluding hydrogens is 258 g/mol. The summed E-state index contributed by atoms with van der Waals surface area (Å²) in [6.45, 7) is 3.12. The highest BCUT2D eigenvalue weighted by Crippen LogP contribution is 2.28. The summed E-state index contributed by atoms with van der Waals surface area (Å²) in [7, 11) is 0. The van der Waals surface area contributed by atoms with Gasteiger partial charge in [-0.05, 0) is 13.3 Å². The number of pyridine rings is 1. The van der Waals surface area contributed by atoms with E-state index in [1.54, 1.807) is 6.92 Å². The maximum Gasteiger partial charge on any atom is 0.276 e. The van der Waals surface area contributed by atoms with Crippen molar-refractivity contribution in [3.8, 4) is 0 Å². The Morgan fingerprint density at radius 3 is 2.94 bits per heavy atom. The predicted molar refractivity (Wildman–Crippen MR) is 67.9 cm³/mol. The molecule has 1 aliphatic rings. The van der Waals surface area contributed by atoms with Gasteiger partial charge >= 0.3 is 0 Å². The van der Waals surface area contributed by atoms with E-state index in [1.807, 2.05) is 4.90 Å². The Hall–Kier alpha value is -1.40. The molecule has 1 saturated heterocycles. The van der Waals surface area contributed by atoms with Crippen molar-refractivity contribution in [2.75, 3.05) is 18.0 Å². The molecular formula is C11H14ClN3O3. The summed E-state index contributed by atoms with van der Waals surface area (Å²) in [6, 6.07) is 2.64. The summed E-state index contributed by atoms with van der Waals surface area (Å²) in [5, 5.41) is 20.4. The molecule has 7 heteroatoms. The lowest BCUT2D eigenvalue weighted by atomic mass is 10.0. The summed E-state index contributed by atoms with van der Waals surface area (Å²) >= 11 is 5.78. The molecule has 6 nitrogen and oxygen atoms in total. The van der Waals surface area contributed by atoms with Gasteiger partial charge in [0, 0.05) is 19.0 Å². The lowest BCUT2D eigenvalue weighted by molar-refractivity contribution is -0.384. The smallest absolute Gasteiger partial charge is 0.276 e. The molecule has 2 rings (SSSR count). The Morgan fingerprint density at radius 2 is 2.39 bits per heavy atom. The summed E-state index contributed by atoms with van der Waals surface area (Å²) in [5.41, 5.74) is -0.0644. The fourth-order valence-electron chi connectivity index (χ4n) is 2.13. The number of nitro groups is 1. The molecule has 0 spiro atoms. The number of aromatic nitrogens is 1. The van der Waals surface area contributed by atoms with Crippen molar-refractivity contribution >= 4 is 23.1 Å². The van der Waals surface area contributed by atoms with E-state index < -0.39 is 4.92 Å². The summed E-state index contributed by atoms with van der Waals surface area (Å²) in [4.78, 5) is 16.3. The molecule has 0 aliphatic carbocycles. The SMILES string of the molecule is CC(O)C1CCN(c2cc([N+](=O)[O-])cc(Cl)n2)C1. The minimum atomic E-state index is -0.487. The lowest BCUT2D eigenvalue weighted by Gasteiger charge is -2.18. The predicted octanol–water partition coefficient (Wildman–Crippen LogP) is 1.85. The first-order valence-corrected chi connectivity index (χ1v) is 6.10. The van der Waals surface area contributed by atoms with Crippen LogP contribution in [0.25, 0.3) is 0 Å². The largest absolute Gasteiger partial charge is 0.393 e. The summed E-state index contributed by atoms with van der Waals surface area (Å²) in [6.07, 6.45) is 0.462. The van der Waals surface area contributed by atoms with Crippen molar-refractivity contribution in [3.05, 3.63) is 27.4 Å². The number of rotatable bonds is 3. The van der Waals surface area contributed by atoms with Crippen molar-refractivity contribution in [2.24, 2.45) is 5.92 Å². The number of aliphatic hydroxyl groups is 1. The average molecular weight is 272 g/mol. The highest BCUT2D eigenvalue weighted by atomic mass is 35.5. The molecule has 0 aromatic carbocycles. The van der Waals surface area contributed by atoms with Gasteiger partial charge in [-0.3, -0.25) is 10.1 Å². The summed E-state index contributed by atoms with van der Waals surface area (Å²) in [5.74, 6) is 0.669. The average Bonchev–Trinajstić information content (AvgIpc) is 2.77. The summed E-state index contributed by atoms with van der Waals surface area (Å²) < 4.78 is 0. The van der Waals surface area contributed by atoms with Crippen molar-refractivity contribution in [2.45, 2.75) is 19.4 Å². The molecule has 0 bridgehead atoms. The second-order valence-corrected chi connectivity index (χ2v) is 4.89. The third kappa shape index (κ3) is 2.70. The standard InChI is InChI=1S/C11H14ClN3O3/c1-7(16)8-2-3-14(6-8)11-5-9(15(17)18)4-10(12)13-11/h4-5,7-8,16H,2-3,6H2,1H3. The molecule has 98 valence electrons. The van der Waals surface area contributed by atoms with Crippen LogP contribution in [0.4, 0.5) is 11.5 Å². The Bertz CT molecular complexity index is 467. The van der Waals surface area contributed by atoms with E-state index in [1.165, 1.54) is 12.1 Å². The molecule has 18 heavy (non-hydrogen) atoms. The van der Waals surface area contributed by atoms with Crippen molar-refractivity contribution in [1.29, 1.82) is 0 Å². The van der Waals surface area contributed by atoms with E-state index in [2.05, 4.69) is 4.98 Å². The molecule has 2 unspecified atom stereocenters. The number of nitrogens with zero attached hydrogens (tertiary/aromatic N) is 3. The third-order valence-electron chi connectivity index (χ3n) is 3.21. The van der Waals surface area contributed by atoms with E-state index in [9.17, 15) is 15.2 Å². The van der Waals surface area contributed by atoms with Gasteiger partial charge in [-0.2, -0.15) is 0 Å². The molecule has 0 radical (unpaired) electrons. The number of halogens is 1. The molecule has 1 N–H and O–H groups in total. The number of aliphatic hydroxyl groups excluding tert-OH is 1. The molecule has 1 aromatic rings. The zero-order valence-corrected chi connectivity index (χ0v) is 10.7. The van der Waals surface area contributed by atoms with Crippen LogP contribution in [0, 0.1) is 16.0 Å². The van der Waals surface area contributed by atoms with Gasteiger partial charge in [-0.1, -0.05) is 11.6 Å². The Balaban J connectivity index is 2.21. The topological polar surface area (TPSA) is 79.5 Å². The van der Waals surface area contributed by atoms with Gasteiger partial charge in [0.05, 0.1) is 23.2 Å². The van der Waals surface area contributed by atoms with Gasteiger partial charge in [0.2, 0.25) is 0 Å². The Kier molecular flexibility index (Phi) is 3.68. The second kappa shape index (κ2) is 5.07. The molecule has 1 aliphatic heterocycles. The van der Waals surface area contributed by atoms with Crippen molar-refractivity contribution in [1.82, 2.24) is 4.98 Å². The highest BCUT2D eigenvalue weighted by Gasteiger charge is 2.27. The molecule has 0 amide bonds. The minimum Gasteiger partial charge on any atom is -0.393 e. The third-order valence-corrected chi connectivity index (χ3v) is 3.40. The van der Waals surface area contributed by atoms with Crippen molar-refractivity contribution < 1.29 is 10.0 Å². The monoisotopic (exact) mass is 271 g/mol. The van der Waals surface area contributed by atoms with E-state index in [0.29, 0.717) is 12.4 Å². The van der Waals surface area contributed by atoms with Gasteiger partial charge in [-0.15, -0.1) is 0 Å². The maximum atomic E-state index is 10.8. The molecule has 1 aromatic heterocycles. The van der Waals surface area contributed by atoms with E-state index in [4.69, 9.17) is 11.6 Å². The Labute approximate surface area is 109 Å². The van der Waals surface area contributed by atoms with Crippen LogP contribution in [0.3, 0.4) is 0 Å². The van der Waals surface area contributed by atoms with Gasteiger partial charge in [0.15, 0.2) is 0 Å². The first-order chi connectivity index (χ1) is 8.47. The van der Waals surface area contributed by atoms with E-state index in [-0.39, 0.29) is 22.9 Å². The number of anilines is 1. The van der Waals surface area contributed by atoms with Crippen LogP contribution in [0.5, 0.6) is 0 Å². The number of hydrogen-bond acceptors (Lipinski definition) is 5. The zero-order valence-electron chi connectivity index (χ0n) is 9.91. The zero-order chi connectivity index (χ0) is 13.3. The fraction of sp³-hybridized carbons (Fsp3) is 0.545. The first kappa shape index (κ1) is 13.0. The van der Waals surface area contributed by atoms with Gasteiger partial charge < -0.3 is 10.0 Å². The van der Waals surface area contributed by atoms with Crippen molar-refractivity contribution in [3.63, 3.8) is 0 Å². The van der Waals surface area contributed by atoms with Gasteiger partial charge in [0.1, 0.15) is 11.0 Å². The van der Waals surface area contributed by atoms with Crippen LogP contribution >= 0.6 is 11.6 Å². The lowest BCUT2D eigenvalue weighted by Crippen LogP contribution is -2.24. The van der Waals surface area contributed by atoms with Crippen LogP contribution < -0.4 is 4.90 Å². The van der Waals surface area contributed by atoms with Crippen LogP contribution in [0.2, 0.25) is 5.15 Å². The quantitative estimate of drug-likeness (QED) is 0.516. The van der Waals surface area contributed by atoms with Crippen LogP contribution in [0.1, 0.15) is 13.3 Å². The van der Waals surface area contributed by atoms with E-state index >= 15 is 0 Å². The second-order valence-electron chi connectivity index (χ2n) is 4.50. The maximum absolute atomic E-state index is 10.8. The molecule has 2 atom stereocenters. The van der Waals surface area contributed by atoms with E-state index in [0.717, 1.165) is 13.0 Å².